The summed E-state index contributed by atoms with van der Waals surface area (Å²) in [4.78, 5) is 21.7. The molecule has 1 aromatic heterocycles. The van der Waals surface area contributed by atoms with E-state index in [1.165, 1.54) is 12.3 Å². The molecule has 1 aromatic rings. The third-order valence-electron chi connectivity index (χ3n) is 1.85. The molecular formula is C9H10ClNO5. The van der Waals surface area contributed by atoms with Gasteiger partial charge in [0.25, 0.3) is 5.91 Å². The van der Waals surface area contributed by atoms with E-state index in [0.29, 0.717) is 0 Å². The van der Waals surface area contributed by atoms with E-state index in [4.69, 9.17) is 26.2 Å². The Kier molecular flexibility index (Phi) is 4.33. The van der Waals surface area contributed by atoms with Gasteiger partial charge in [0.15, 0.2) is 6.10 Å². The van der Waals surface area contributed by atoms with Gasteiger partial charge in [0.2, 0.25) is 5.22 Å². The zero-order valence-corrected chi connectivity index (χ0v) is 8.90. The lowest BCUT2D eigenvalue weighted by Crippen LogP contribution is -2.29. The zero-order valence-electron chi connectivity index (χ0n) is 8.14. The van der Waals surface area contributed by atoms with Crippen molar-refractivity contribution >= 4 is 23.5 Å². The molecule has 1 amide bonds. The van der Waals surface area contributed by atoms with Crippen molar-refractivity contribution in [3.8, 4) is 0 Å². The Hall–Kier alpha value is -1.53. The van der Waals surface area contributed by atoms with Crippen molar-refractivity contribution in [1.29, 1.82) is 0 Å². The molecule has 0 unspecified atom stereocenters. The average Bonchev–Trinajstić information content (AvgIpc) is 2.64. The number of nitrogens with one attached hydrogen (secondary N) is 1. The first kappa shape index (κ1) is 12.5. The van der Waals surface area contributed by atoms with Crippen molar-refractivity contribution in [2.45, 2.75) is 12.5 Å². The second-order valence-electron chi connectivity index (χ2n) is 3.01. The van der Waals surface area contributed by atoms with Gasteiger partial charge in [-0.05, 0) is 17.7 Å². The summed E-state index contributed by atoms with van der Waals surface area (Å²) in [6.07, 6.45) is -0.292. The van der Waals surface area contributed by atoms with Crippen molar-refractivity contribution in [1.82, 2.24) is 5.32 Å². The number of hydrogen-bond acceptors (Lipinski definition) is 4. The van der Waals surface area contributed by atoms with Crippen LogP contribution in [0.15, 0.2) is 16.7 Å². The monoisotopic (exact) mass is 247 g/mol. The molecule has 3 N–H and O–H groups in total. The molecule has 6 nitrogen and oxygen atoms in total. The smallest absolute Gasteiger partial charge is 0.332 e. The van der Waals surface area contributed by atoms with Crippen molar-refractivity contribution in [3.05, 3.63) is 23.1 Å². The van der Waals surface area contributed by atoms with Crippen molar-refractivity contribution in [2.24, 2.45) is 0 Å². The van der Waals surface area contributed by atoms with Crippen LogP contribution in [0.1, 0.15) is 16.8 Å². The van der Waals surface area contributed by atoms with Gasteiger partial charge in [-0.2, -0.15) is 0 Å². The molecule has 0 aliphatic rings. The molecule has 7 heteroatoms. The number of aliphatic carboxylic acids is 1. The third kappa shape index (κ3) is 3.25. The van der Waals surface area contributed by atoms with E-state index in [0.717, 1.165) is 0 Å². The maximum atomic E-state index is 11.4. The van der Waals surface area contributed by atoms with E-state index in [2.05, 4.69) is 5.32 Å². The second kappa shape index (κ2) is 5.53. The molecule has 0 radical (unpaired) electrons. The van der Waals surface area contributed by atoms with Gasteiger partial charge in [-0.1, -0.05) is 0 Å². The van der Waals surface area contributed by atoms with Crippen LogP contribution in [0, 0.1) is 0 Å². The number of hydrogen-bond donors (Lipinski definition) is 3. The predicted octanol–water partition coefficient (Wildman–Crippen LogP) is 0.498. The van der Waals surface area contributed by atoms with Crippen LogP contribution in [0.3, 0.4) is 0 Å². The number of aliphatic hydroxyl groups excluding tert-OH is 1. The Morgan fingerprint density at radius 2 is 2.25 bits per heavy atom. The van der Waals surface area contributed by atoms with E-state index < -0.39 is 18.0 Å². The van der Waals surface area contributed by atoms with Crippen molar-refractivity contribution in [2.75, 3.05) is 6.54 Å². The summed E-state index contributed by atoms with van der Waals surface area (Å²) in [6, 6.07) is 1.39. The van der Waals surface area contributed by atoms with Gasteiger partial charge < -0.3 is 19.9 Å². The number of aliphatic hydroxyl groups is 1. The van der Waals surface area contributed by atoms with E-state index in [-0.39, 0.29) is 23.7 Å². The summed E-state index contributed by atoms with van der Waals surface area (Å²) in [5, 5.41) is 19.7. The molecule has 0 saturated carbocycles. The van der Waals surface area contributed by atoms with Gasteiger partial charge in [0, 0.05) is 13.0 Å². The van der Waals surface area contributed by atoms with Crippen LogP contribution in [0.2, 0.25) is 5.22 Å². The number of furan rings is 1. The fourth-order valence-corrected chi connectivity index (χ4v) is 1.20. The molecule has 0 spiro atoms. The Morgan fingerprint density at radius 3 is 2.75 bits per heavy atom. The van der Waals surface area contributed by atoms with Crippen molar-refractivity contribution in [3.63, 3.8) is 0 Å². The SMILES string of the molecule is O=C(NCC[C@H](O)C(=O)O)c1ccoc1Cl. The fraction of sp³-hybridized carbons (Fsp3) is 0.333. The standard InChI is InChI=1S/C9H10ClNO5/c10-7-5(2-4-16-7)8(13)11-3-1-6(12)9(14)15/h2,4,6,12H,1,3H2,(H,11,13)(H,14,15)/t6-/m0/s1. The van der Waals surface area contributed by atoms with E-state index in [9.17, 15) is 9.59 Å². The fourth-order valence-electron chi connectivity index (χ4n) is 0.997. The highest BCUT2D eigenvalue weighted by Gasteiger charge is 2.15. The third-order valence-corrected chi connectivity index (χ3v) is 2.14. The van der Waals surface area contributed by atoms with Crippen LogP contribution in [-0.2, 0) is 4.79 Å². The molecule has 1 atom stereocenters. The summed E-state index contributed by atoms with van der Waals surface area (Å²) in [6.45, 7) is 0.0355. The number of halogens is 1. The second-order valence-corrected chi connectivity index (χ2v) is 3.35. The van der Waals surface area contributed by atoms with Crippen LogP contribution < -0.4 is 5.32 Å². The van der Waals surface area contributed by atoms with Crippen molar-refractivity contribution < 1.29 is 24.2 Å². The van der Waals surface area contributed by atoms with Crippen LogP contribution in [-0.4, -0.2) is 34.7 Å². The van der Waals surface area contributed by atoms with Gasteiger partial charge in [-0.3, -0.25) is 4.79 Å². The van der Waals surface area contributed by atoms with E-state index >= 15 is 0 Å². The van der Waals surface area contributed by atoms with Crippen LogP contribution in [0.5, 0.6) is 0 Å². The molecule has 0 aliphatic heterocycles. The van der Waals surface area contributed by atoms with Gasteiger partial charge in [0.1, 0.15) is 0 Å². The van der Waals surface area contributed by atoms with E-state index in [1.54, 1.807) is 0 Å². The van der Waals surface area contributed by atoms with Crippen LogP contribution in [0.25, 0.3) is 0 Å². The zero-order chi connectivity index (χ0) is 12.1. The minimum Gasteiger partial charge on any atom is -0.479 e. The summed E-state index contributed by atoms with van der Waals surface area (Å²) in [5.41, 5.74) is 0.173. The summed E-state index contributed by atoms with van der Waals surface area (Å²) >= 11 is 5.56. The first-order chi connectivity index (χ1) is 7.52. The van der Waals surface area contributed by atoms with E-state index in [1.807, 2.05) is 0 Å². The summed E-state index contributed by atoms with van der Waals surface area (Å²) < 4.78 is 4.71. The quantitative estimate of drug-likeness (QED) is 0.704. The molecule has 1 heterocycles. The number of carbonyl (C=O) groups is 2. The van der Waals surface area contributed by atoms with Crippen LogP contribution >= 0.6 is 11.6 Å². The number of carbonyl (C=O) groups excluding carboxylic acids is 1. The van der Waals surface area contributed by atoms with Crippen LogP contribution in [0.4, 0.5) is 0 Å². The topological polar surface area (TPSA) is 99.8 Å². The normalized spacial score (nSPS) is 12.1. The molecule has 0 bridgehead atoms. The maximum absolute atomic E-state index is 11.4. The molecule has 0 fully saturated rings. The molecule has 16 heavy (non-hydrogen) atoms. The lowest BCUT2D eigenvalue weighted by atomic mass is 10.2. The first-order valence-electron chi connectivity index (χ1n) is 4.44. The number of carboxylic acid groups (broad SMARTS) is 1. The molecule has 88 valence electrons. The largest absolute Gasteiger partial charge is 0.479 e. The molecule has 0 saturated heterocycles. The predicted molar refractivity (Wildman–Crippen MR) is 54.3 cm³/mol. The Morgan fingerprint density at radius 1 is 1.56 bits per heavy atom. The van der Waals surface area contributed by atoms with Gasteiger partial charge in [-0.15, -0.1) is 0 Å². The van der Waals surface area contributed by atoms with Gasteiger partial charge in [0.05, 0.1) is 11.8 Å². The summed E-state index contributed by atoms with van der Waals surface area (Å²) in [5.74, 6) is -1.80. The highest BCUT2D eigenvalue weighted by atomic mass is 35.5. The molecule has 0 aliphatic carbocycles. The first-order valence-corrected chi connectivity index (χ1v) is 4.82. The molecular weight excluding hydrogens is 238 g/mol. The lowest BCUT2D eigenvalue weighted by Gasteiger charge is -2.06. The van der Waals surface area contributed by atoms with Gasteiger partial charge >= 0.3 is 5.97 Å². The van der Waals surface area contributed by atoms with Gasteiger partial charge in [-0.25, -0.2) is 4.79 Å². The molecule has 0 aromatic carbocycles. The Balaban J connectivity index is 2.37. The number of rotatable bonds is 5. The Bertz CT molecular complexity index is 389. The Labute approximate surface area is 95.8 Å². The minimum atomic E-state index is -1.49. The maximum Gasteiger partial charge on any atom is 0.332 e. The highest BCUT2D eigenvalue weighted by Crippen LogP contribution is 2.15. The number of carboxylic acids is 1. The number of amides is 1. The minimum absolute atomic E-state index is 0.0312. The average molecular weight is 248 g/mol. The molecule has 1 rings (SSSR count). The highest BCUT2D eigenvalue weighted by molar-refractivity contribution is 6.32. The lowest BCUT2D eigenvalue weighted by molar-refractivity contribution is -0.146. The summed E-state index contributed by atoms with van der Waals surface area (Å²) in [7, 11) is 0.